The minimum Gasteiger partial charge on any atom is -0.295 e. The molecular weight excluding hydrogens is 290 g/mol. The van der Waals surface area contributed by atoms with E-state index in [-0.39, 0.29) is 29.4 Å². The maximum Gasteiger partial charge on any atom is 0.238 e. The normalized spacial score (nSPS) is 24.9. The number of ketones is 1. The van der Waals surface area contributed by atoms with E-state index in [9.17, 15) is 14.4 Å². The summed E-state index contributed by atoms with van der Waals surface area (Å²) < 4.78 is 0. The van der Waals surface area contributed by atoms with Crippen molar-refractivity contribution in [3.63, 3.8) is 0 Å². The Morgan fingerprint density at radius 2 is 1.95 bits per heavy atom. The first kappa shape index (κ1) is 14.0. The van der Waals surface area contributed by atoms with Crippen molar-refractivity contribution < 1.29 is 14.4 Å². The van der Waals surface area contributed by atoms with Crippen LogP contribution in [-0.4, -0.2) is 17.6 Å². The van der Waals surface area contributed by atoms with Crippen molar-refractivity contribution in [2.45, 2.75) is 19.8 Å². The highest BCUT2D eigenvalue weighted by Gasteiger charge is 2.48. The van der Waals surface area contributed by atoms with Crippen LogP contribution in [0.4, 0.5) is 5.69 Å². The first-order valence-corrected chi connectivity index (χ1v) is 7.20. The number of nitrogens with zero attached hydrogens (tertiary/aromatic N) is 1. The average molecular weight is 304 g/mol. The van der Waals surface area contributed by atoms with Crippen LogP contribution in [0.25, 0.3) is 0 Å². The number of allylic oxidation sites excluding steroid dienone is 2. The number of imide groups is 1. The Balaban J connectivity index is 1.97. The lowest BCUT2D eigenvalue weighted by Crippen LogP contribution is -2.31. The fourth-order valence-electron chi connectivity index (χ4n) is 2.95. The number of carbonyl (C=O) groups is 3. The van der Waals surface area contributed by atoms with E-state index in [1.807, 2.05) is 6.08 Å². The van der Waals surface area contributed by atoms with E-state index in [0.717, 1.165) is 0 Å². The van der Waals surface area contributed by atoms with Crippen LogP contribution < -0.4 is 4.90 Å². The number of hydrogen-bond acceptors (Lipinski definition) is 3. The third-order valence-corrected chi connectivity index (χ3v) is 4.39. The molecule has 2 amide bonds. The molecule has 0 bridgehead atoms. The van der Waals surface area contributed by atoms with Gasteiger partial charge in [-0.05, 0) is 31.9 Å². The highest BCUT2D eigenvalue weighted by Crippen LogP contribution is 2.40. The fraction of sp³-hybridized carbons (Fsp3) is 0.312. The maximum atomic E-state index is 12.5. The first-order valence-electron chi connectivity index (χ1n) is 6.82. The van der Waals surface area contributed by atoms with E-state index in [2.05, 4.69) is 0 Å². The Hall–Kier alpha value is -1.94. The Kier molecular flexibility index (Phi) is 3.41. The zero-order chi connectivity index (χ0) is 15.1. The molecular formula is C16H14ClNO3. The Bertz CT molecular complexity index is 680. The molecule has 0 radical (unpaired) electrons. The van der Waals surface area contributed by atoms with Gasteiger partial charge >= 0.3 is 0 Å². The molecule has 4 nitrogen and oxygen atoms in total. The van der Waals surface area contributed by atoms with Gasteiger partial charge in [-0.2, -0.15) is 0 Å². The molecule has 1 fully saturated rings. The minimum absolute atomic E-state index is 0.0990. The van der Waals surface area contributed by atoms with Crippen molar-refractivity contribution in [3.8, 4) is 0 Å². The largest absolute Gasteiger partial charge is 0.295 e. The Morgan fingerprint density at radius 1 is 1.24 bits per heavy atom. The van der Waals surface area contributed by atoms with Crippen LogP contribution in [0.2, 0.25) is 0 Å². The summed E-state index contributed by atoms with van der Waals surface area (Å²) in [4.78, 5) is 37.7. The molecule has 1 aliphatic carbocycles. The molecule has 1 aliphatic heterocycles. The van der Waals surface area contributed by atoms with Gasteiger partial charge in [0, 0.05) is 10.6 Å². The van der Waals surface area contributed by atoms with Crippen LogP contribution in [-0.2, 0) is 9.59 Å². The molecule has 0 N–H and O–H groups in total. The third-order valence-electron chi connectivity index (χ3n) is 4.08. The zero-order valence-corrected chi connectivity index (χ0v) is 12.3. The lowest BCUT2D eigenvalue weighted by Gasteiger charge is -2.17. The monoisotopic (exact) mass is 303 g/mol. The van der Waals surface area contributed by atoms with Gasteiger partial charge < -0.3 is 0 Å². The quantitative estimate of drug-likeness (QED) is 0.623. The summed E-state index contributed by atoms with van der Waals surface area (Å²) in [6.45, 7) is 1.45. The Labute approximate surface area is 127 Å². The van der Waals surface area contributed by atoms with Crippen molar-refractivity contribution >= 4 is 34.9 Å². The predicted octanol–water partition coefficient (Wildman–Crippen LogP) is 2.91. The highest BCUT2D eigenvalue weighted by molar-refractivity contribution is 6.30. The number of rotatable bonds is 2. The molecule has 2 aliphatic rings. The minimum atomic E-state index is -0.379. The number of carbonyl (C=O) groups excluding carboxylic acids is 3. The summed E-state index contributed by atoms with van der Waals surface area (Å²) in [7, 11) is 0. The van der Waals surface area contributed by atoms with Gasteiger partial charge in [0.2, 0.25) is 11.8 Å². The smallest absolute Gasteiger partial charge is 0.238 e. The molecule has 5 heteroatoms. The van der Waals surface area contributed by atoms with Crippen molar-refractivity contribution in [3.05, 3.63) is 40.9 Å². The Morgan fingerprint density at radius 3 is 2.67 bits per heavy atom. The number of hydrogen-bond donors (Lipinski definition) is 0. The van der Waals surface area contributed by atoms with E-state index < -0.39 is 0 Å². The molecule has 3 rings (SSSR count). The maximum absolute atomic E-state index is 12.5. The van der Waals surface area contributed by atoms with E-state index in [1.54, 1.807) is 24.3 Å². The number of Topliss-reactive ketones (excluding diaryl/α,β-unsaturated/α-hetero) is 1. The van der Waals surface area contributed by atoms with Crippen molar-refractivity contribution in [1.82, 2.24) is 0 Å². The molecule has 1 aromatic rings. The van der Waals surface area contributed by atoms with Gasteiger partial charge in [0.25, 0.3) is 0 Å². The first-order chi connectivity index (χ1) is 9.99. The molecule has 1 aromatic carbocycles. The van der Waals surface area contributed by atoms with Crippen LogP contribution in [0.3, 0.4) is 0 Å². The lowest BCUT2D eigenvalue weighted by molar-refractivity contribution is -0.122. The number of amides is 2. The van der Waals surface area contributed by atoms with Gasteiger partial charge in [0.1, 0.15) is 0 Å². The van der Waals surface area contributed by atoms with Crippen molar-refractivity contribution in [2.24, 2.45) is 11.8 Å². The summed E-state index contributed by atoms with van der Waals surface area (Å²) >= 11 is 5.99. The van der Waals surface area contributed by atoms with Gasteiger partial charge in [-0.25, -0.2) is 0 Å². The van der Waals surface area contributed by atoms with Gasteiger partial charge in [0.15, 0.2) is 5.78 Å². The van der Waals surface area contributed by atoms with E-state index in [0.29, 0.717) is 29.1 Å². The highest BCUT2D eigenvalue weighted by atomic mass is 35.5. The van der Waals surface area contributed by atoms with Crippen LogP contribution >= 0.6 is 11.6 Å². The van der Waals surface area contributed by atoms with E-state index in [4.69, 9.17) is 11.6 Å². The molecule has 0 aromatic heterocycles. The number of anilines is 1. The lowest BCUT2D eigenvalue weighted by atomic mass is 9.85. The number of benzene rings is 1. The van der Waals surface area contributed by atoms with Crippen molar-refractivity contribution in [1.29, 1.82) is 0 Å². The number of fused-ring (bicyclic) bond motifs is 1. The summed E-state index contributed by atoms with van der Waals surface area (Å²) in [5.74, 6) is -1.24. The van der Waals surface area contributed by atoms with Crippen LogP contribution in [0.15, 0.2) is 35.4 Å². The standard InChI is InChI=1S/C16H14ClNO3/c1-9(19)10-3-2-4-12(7-10)18-15(20)13-6-5-11(17)8-14(13)16(18)21/h2-5,7,13-14H,6,8H2,1H3/t13-,14-/m0/s1. The summed E-state index contributed by atoms with van der Waals surface area (Å²) in [5, 5.41) is 0.636. The van der Waals surface area contributed by atoms with E-state index in [1.165, 1.54) is 11.8 Å². The molecule has 0 saturated carbocycles. The third kappa shape index (κ3) is 2.29. The molecule has 0 unspecified atom stereocenters. The van der Waals surface area contributed by atoms with Crippen LogP contribution in [0.5, 0.6) is 0 Å². The predicted molar refractivity (Wildman–Crippen MR) is 79.1 cm³/mol. The zero-order valence-electron chi connectivity index (χ0n) is 11.5. The second-order valence-electron chi connectivity index (χ2n) is 5.42. The SMILES string of the molecule is CC(=O)c1cccc(N2C(=O)[C@H]3CC=C(Cl)C[C@@H]3C2=O)c1. The van der Waals surface area contributed by atoms with Gasteiger partial charge in [0.05, 0.1) is 17.5 Å². The molecule has 108 valence electrons. The molecule has 1 saturated heterocycles. The summed E-state index contributed by atoms with van der Waals surface area (Å²) in [6.07, 6.45) is 2.72. The van der Waals surface area contributed by atoms with Crippen LogP contribution in [0, 0.1) is 11.8 Å². The second kappa shape index (κ2) is 5.11. The van der Waals surface area contributed by atoms with Gasteiger partial charge in [-0.15, -0.1) is 0 Å². The average Bonchev–Trinajstić information content (AvgIpc) is 2.70. The fourth-order valence-corrected chi connectivity index (χ4v) is 3.20. The molecule has 2 atom stereocenters. The summed E-state index contributed by atoms with van der Waals surface area (Å²) in [6, 6.07) is 6.61. The number of halogens is 1. The van der Waals surface area contributed by atoms with Gasteiger partial charge in [-0.3, -0.25) is 19.3 Å². The van der Waals surface area contributed by atoms with E-state index >= 15 is 0 Å². The second-order valence-corrected chi connectivity index (χ2v) is 5.91. The topological polar surface area (TPSA) is 54.5 Å². The molecule has 0 spiro atoms. The molecule has 1 heterocycles. The van der Waals surface area contributed by atoms with Crippen LogP contribution in [0.1, 0.15) is 30.1 Å². The van der Waals surface area contributed by atoms with Crippen molar-refractivity contribution in [2.75, 3.05) is 4.90 Å². The molecule has 21 heavy (non-hydrogen) atoms. The van der Waals surface area contributed by atoms with Gasteiger partial charge in [-0.1, -0.05) is 29.8 Å². The summed E-state index contributed by atoms with van der Waals surface area (Å²) in [5.41, 5.74) is 0.947.